The van der Waals surface area contributed by atoms with Crippen molar-refractivity contribution < 1.29 is 9.53 Å². The maximum absolute atomic E-state index is 11.9. The van der Waals surface area contributed by atoms with Crippen molar-refractivity contribution in [3.8, 4) is 0 Å². The number of pyridine rings is 1. The summed E-state index contributed by atoms with van der Waals surface area (Å²) >= 11 is 0. The van der Waals surface area contributed by atoms with Crippen LogP contribution in [0.3, 0.4) is 0 Å². The van der Waals surface area contributed by atoms with Crippen molar-refractivity contribution in [3.05, 3.63) is 30.1 Å². The highest BCUT2D eigenvalue weighted by Gasteiger charge is 2.48. The van der Waals surface area contributed by atoms with Gasteiger partial charge in [-0.3, -0.25) is 9.78 Å². The van der Waals surface area contributed by atoms with Gasteiger partial charge < -0.3 is 10.1 Å². The molecule has 0 aliphatic carbocycles. The predicted octanol–water partition coefficient (Wildman–Crippen LogP) is 1.70. The van der Waals surface area contributed by atoms with Crippen LogP contribution >= 0.6 is 0 Å². The van der Waals surface area contributed by atoms with Gasteiger partial charge in [-0.2, -0.15) is 0 Å². The molecule has 1 fully saturated rings. The minimum atomic E-state index is -0.559. The summed E-state index contributed by atoms with van der Waals surface area (Å²) in [5.41, 5.74) is 0.290. The maximum Gasteiger partial charge on any atom is 0.326 e. The van der Waals surface area contributed by atoms with E-state index in [9.17, 15) is 4.79 Å². The number of nitrogens with zero attached hydrogens (tertiary/aromatic N) is 1. The van der Waals surface area contributed by atoms with Gasteiger partial charge in [0.15, 0.2) is 0 Å². The van der Waals surface area contributed by atoms with E-state index in [4.69, 9.17) is 4.74 Å². The molecule has 1 aromatic rings. The molecule has 18 heavy (non-hydrogen) atoms. The molecule has 0 amide bonds. The molecule has 0 radical (unpaired) electrons. The molecule has 0 saturated carbocycles. The third-order valence-corrected chi connectivity index (χ3v) is 3.28. The Morgan fingerprint density at radius 2 is 2.00 bits per heavy atom. The predicted molar refractivity (Wildman–Crippen MR) is 69.1 cm³/mol. The fourth-order valence-corrected chi connectivity index (χ4v) is 2.49. The van der Waals surface area contributed by atoms with Crippen LogP contribution < -0.4 is 5.32 Å². The van der Waals surface area contributed by atoms with Gasteiger partial charge in [-0.1, -0.05) is 0 Å². The van der Waals surface area contributed by atoms with Crippen LogP contribution in [0.4, 0.5) is 0 Å². The van der Waals surface area contributed by atoms with Gasteiger partial charge in [0.05, 0.1) is 0 Å². The van der Waals surface area contributed by atoms with Gasteiger partial charge in [0, 0.05) is 25.4 Å². The normalized spacial score (nSPS) is 26.1. The van der Waals surface area contributed by atoms with Crippen LogP contribution in [0.5, 0.6) is 0 Å². The Kier molecular flexibility index (Phi) is 3.39. The summed E-state index contributed by atoms with van der Waals surface area (Å²) in [4.78, 5) is 15.8. The van der Waals surface area contributed by atoms with Gasteiger partial charge in [-0.25, -0.2) is 0 Å². The second kappa shape index (κ2) is 4.69. The topological polar surface area (TPSA) is 51.2 Å². The number of carbonyl (C=O) groups is 1. The summed E-state index contributed by atoms with van der Waals surface area (Å²) in [6, 6.07) is 3.97. The number of aromatic nitrogens is 1. The van der Waals surface area contributed by atoms with Crippen molar-refractivity contribution in [1.82, 2.24) is 10.3 Å². The molecule has 0 aromatic carbocycles. The minimum Gasteiger partial charge on any atom is -0.458 e. The molecule has 1 aliphatic rings. The van der Waals surface area contributed by atoms with E-state index in [0.717, 1.165) is 13.0 Å². The second-order valence-corrected chi connectivity index (χ2v) is 5.69. The highest BCUT2D eigenvalue weighted by atomic mass is 16.6. The molecule has 1 saturated heterocycles. The minimum absolute atomic E-state index is 0.151. The van der Waals surface area contributed by atoms with E-state index in [-0.39, 0.29) is 11.6 Å². The number of rotatable bonds is 4. The molecule has 1 aromatic heterocycles. The standard InChI is InChI=1S/C14H20N2O2/c1-13(2)10-14(3,12(17)18-13)16-9-6-11-4-7-15-8-5-11/h4-5,7-8,16H,6,9-10H2,1-3H3. The summed E-state index contributed by atoms with van der Waals surface area (Å²) in [6.07, 6.45) is 5.15. The average Bonchev–Trinajstić information content (AvgIpc) is 2.49. The zero-order chi connectivity index (χ0) is 13.2. The number of hydrogen-bond acceptors (Lipinski definition) is 4. The Balaban J connectivity index is 1.89. The number of cyclic esters (lactones) is 1. The van der Waals surface area contributed by atoms with Crippen molar-refractivity contribution >= 4 is 5.97 Å². The first kappa shape index (κ1) is 13.0. The van der Waals surface area contributed by atoms with E-state index in [2.05, 4.69) is 10.3 Å². The molecule has 0 bridgehead atoms. The maximum atomic E-state index is 11.9. The van der Waals surface area contributed by atoms with Crippen LogP contribution in [0.2, 0.25) is 0 Å². The third kappa shape index (κ3) is 2.88. The zero-order valence-corrected chi connectivity index (χ0v) is 11.2. The Bertz CT molecular complexity index is 431. The number of nitrogens with one attached hydrogen (secondary N) is 1. The van der Waals surface area contributed by atoms with Crippen LogP contribution in [-0.2, 0) is 16.0 Å². The lowest BCUT2D eigenvalue weighted by Crippen LogP contribution is -2.47. The summed E-state index contributed by atoms with van der Waals surface area (Å²) in [5.74, 6) is -0.151. The molecule has 2 rings (SSSR count). The average molecular weight is 248 g/mol. The molecule has 1 atom stereocenters. The van der Waals surface area contributed by atoms with E-state index in [1.54, 1.807) is 12.4 Å². The Morgan fingerprint density at radius 3 is 2.56 bits per heavy atom. The van der Waals surface area contributed by atoms with Gasteiger partial charge in [-0.05, 0) is 44.9 Å². The van der Waals surface area contributed by atoms with E-state index in [1.165, 1.54) is 5.56 Å². The SMILES string of the molecule is CC1(C)CC(C)(NCCc2ccncc2)C(=O)O1. The highest BCUT2D eigenvalue weighted by Crippen LogP contribution is 2.33. The van der Waals surface area contributed by atoms with Crippen molar-refractivity contribution in [1.29, 1.82) is 0 Å². The molecule has 1 N–H and O–H groups in total. The van der Waals surface area contributed by atoms with E-state index >= 15 is 0 Å². The van der Waals surface area contributed by atoms with Gasteiger partial charge >= 0.3 is 5.97 Å². The monoisotopic (exact) mass is 248 g/mol. The lowest BCUT2D eigenvalue weighted by atomic mass is 9.91. The molecule has 1 aliphatic heterocycles. The number of ether oxygens (including phenoxy) is 1. The molecular weight excluding hydrogens is 228 g/mol. The molecular formula is C14H20N2O2. The van der Waals surface area contributed by atoms with Crippen molar-refractivity contribution in [2.75, 3.05) is 6.54 Å². The van der Waals surface area contributed by atoms with Gasteiger partial charge in [0.2, 0.25) is 0 Å². The third-order valence-electron chi connectivity index (χ3n) is 3.28. The van der Waals surface area contributed by atoms with Crippen LogP contribution in [-0.4, -0.2) is 28.6 Å². The number of carbonyl (C=O) groups excluding carboxylic acids is 1. The van der Waals surface area contributed by atoms with E-state index in [1.807, 2.05) is 32.9 Å². The lowest BCUT2D eigenvalue weighted by Gasteiger charge is -2.22. The largest absolute Gasteiger partial charge is 0.458 e. The quantitative estimate of drug-likeness (QED) is 0.824. The molecule has 0 spiro atoms. The molecule has 98 valence electrons. The second-order valence-electron chi connectivity index (χ2n) is 5.69. The highest BCUT2D eigenvalue weighted by molar-refractivity contribution is 5.83. The van der Waals surface area contributed by atoms with Crippen molar-refractivity contribution in [2.45, 2.75) is 44.8 Å². The molecule has 1 unspecified atom stereocenters. The van der Waals surface area contributed by atoms with Gasteiger partial charge in [-0.15, -0.1) is 0 Å². The van der Waals surface area contributed by atoms with Crippen LogP contribution in [0, 0.1) is 0 Å². The Labute approximate surface area is 108 Å². The first-order chi connectivity index (χ1) is 8.41. The van der Waals surface area contributed by atoms with Crippen LogP contribution in [0.25, 0.3) is 0 Å². The van der Waals surface area contributed by atoms with E-state index < -0.39 is 5.54 Å². The first-order valence-electron chi connectivity index (χ1n) is 6.29. The summed E-state index contributed by atoms with van der Waals surface area (Å²) in [7, 11) is 0. The fourth-order valence-electron chi connectivity index (χ4n) is 2.49. The lowest BCUT2D eigenvalue weighted by molar-refractivity contribution is -0.149. The zero-order valence-electron chi connectivity index (χ0n) is 11.2. The molecule has 4 heteroatoms. The number of esters is 1. The molecule has 2 heterocycles. The van der Waals surface area contributed by atoms with Crippen molar-refractivity contribution in [2.24, 2.45) is 0 Å². The van der Waals surface area contributed by atoms with Crippen molar-refractivity contribution in [3.63, 3.8) is 0 Å². The van der Waals surface area contributed by atoms with Gasteiger partial charge in [0.25, 0.3) is 0 Å². The Morgan fingerprint density at radius 1 is 1.33 bits per heavy atom. The smallest absolute Gasteiger partial charge is 0.326 e. The van der Waals surface area contributed by atoms with Crippen LogP contribution in [0.1, 0.15) is 32.8 Å². The van der Waals surface area contributed by atoms with Gasteiger partial charge in [0.1, 0.15) is 11.1 Å². The summed E-state index contributed by atoms with van der Waals surface area (Å²) in [5, 5.41) is 3.32. The van der Waals surface area contributed by atoms with Crippen LogP contribution in [0.15, 0.2) is 24.5 Å². The van der Waals surface area contributed by atoms with E-state index in [0.29, 0.717) is 6.42 Å². The molecule has 4 nitrogen and oxygen atoms in total. The number of hydrogen-bond donors (Lipinski definition) is 1. The Hall–Kier alpha value is -1.42. The summed E-state index contributed by atoms with van der Waals surface area (Å²) < 4.78 is 5.36. The fraction of sp³-hybridized carbons (Fsp3) is 0.571. The summed E-state index contributed by atoms with van der Waals surface area (Å²) in [6.45, 7) is 6.56. The first-order valence-corrected chi connectivity index (χ1v) is 6.29.